The first-order valence-corrected chi connectivity index (χ1v) is 5.36. The zero-order valence-corrected chi connectivity index (χ0v) is 9.12. The van der Waals surface area contributed by atoms with E-state index in [0.717, 1.165) is 31.7 Å². The second-order valence-corrected chi connectivity index (χ2v) is 4.55. The maximum atomic E-state index is 11.4. The summed E-state index contributed by atoms with van der Waals surface area (Å²) < 4.78 is 0. The Labute approximate surface area is 92.5 Å². The SMILES string of the molecule is CC1(c2nc(C(=O)O)cc(=O)[nH]2)CCCC1. The average molecular weight is 222 g/mol. The van der Waals surface area contributed by atoms with E-state index in [1.54, 1.807) is 0 Å². The van der Waals surface area contributed by atoms with Crippen LogP contribution in [0.5, 0.6) is 0 Å². The predicted molar refractivity (Wildman–Crippen MR) is 57.6 cm³/mol. The Balaban J connectivity index is 2.48. The number of nitrogens with one attached hydrogen (secondary N) is 1. The normalized spacial score (nSPS) is 18.6. The first kappa shape index (κ1) is 10.9. The third kappa shape index (κ3) is 1.85. The van der Waals surface area contributed by atoms with Crippen molar-refractivity contribution in [3.8, 4) is 0 Å². The summed E-state index contributed by atoms with van der Waals surface area (Å²) in [5.74, 6) is -0.649. The van der Waals surface area contributed by atoms with Crippen molar-refractivity contribution in [1.82, 2.24) is 9.97 Å². The second-order valence-electron chi connectivity index (χ2n) is 4.55. The van der Waals surface area contributed by atoms with E-state index in [0.29, 0.717) is 5.82 Å². The Morgan fingerprint density at radius 1 is 1.50 bits per heavy atom. The van der Waals surface area contributed by atoms with E-state index in [9.17, 15) is 9.59 Å². The van der Waals surface area contributed by atoms with E-state index >= 15 is 0 Å². The monoisotopic (exact) mass is 222 g/mol. The fourth-order valence-electron chi connectivity index (χ4n) is 2.25. The minimum atomic E-state index is -1.16. The van der Waals surface area contributed by atoms with Gasteiger partial charge in [-0.3, -0.25) is 4.79 Å². The molecule has 0 saturated heterocycles. The van der Waals surface area contributed by atoms with Gasteiger partial charge in [0.15, 0.2) is 5.69 Å². The molecule has 1 fully saturated rings. The number of aromatic carboxylic acids is 1. The Morgan fingerprint density at radius 3 is 2.69 bits per heavy atom. The topological polar surface area (TPSA) is 83.0 Å². The van der Waals surface area contributed by atoms with Gasteiger partial charge in [0.05, 0.1) is 0 Å². The van der Waals surface area contributed by atoms with Crippen LogP contribution in [0, 0.1) is 0 Å². The minimum Gasteiger partial charge on any atom is -0.477 e. The first-order chi connectivity index (χ1) is 7.51. The lowest BCUT2D eigenvalue weighted by atomic mass is 9.88. The Kier molecular flexibility index (Phi) is 2.53. The van der Waals surface area contributed by atoms with Crippen molar-refractivity contribution in [2.45, 2.75) is 38.0 Å². The van der Waals surface area contributed by atoms with Crippen LogP contribution >= 0.6 is 0 Å². The van der Waals surface area contributed by atoms with Gasteiger partial charge in [0.1, 0.15) is 5.82 Å². The van der Waals surface area contributed by atoms with E-state index in [2.05, 4.69) is 9.97 Å². The summed E-state index contributed by atoms with van der Waals surface area (Å²) in [7, 11) is 0. The third-order valence-electron chi connectivity index (χ3n) is 3.24. The highest BCUT2D eigenvalue weighted by atomic mass is 16.4. The molecule has 0 atom stereocenters. The van der Waals surface area contributed by atoms with E-state index in [4.69, 9.17) is 5.11 Å². The molecular formula is C11H14N2O3. The molecule has 5 nitrogen and oxygen atoms in total. The van der Waals surface area contributed by atoms with Crippen LogP contribution in [-0.4, -0.2) is 21.0 Å². The van der Waals surface area contributed by atoms with Crippen LogP contribution in [0.25, 0.3) is 0 Å². The molecule has 1 aliphatic carbocycles. The largest absolute Gasteiger partial charge is 0.477 e. The molecule has 2 rings (SSSR count). The molecular weight excluding hydrogens is 208 g/mol. The molecule has 5 heteroatoms. The zero-order valence-electron chi connectivity index (χ0n) is 9.12. The number of hydrogen-bond acceptors (Lipinski definition) is 3. The summed E-state index contributed by atoms with van der Waals surface area (Å²) >= 11 is 0. The molecule has 0 unspecified atom stereocenters. The Bertz CT molecular complexity index is 472. The number of hydrogen-bond donors (Lipinski definition) is 2. The highest BCUT2D eigenvalue weighted by molar-refractivity contribution is 5.85. The molecule has 1 aromatic heterocycles. The molecule has 2 N–H and O–H groups in total. The highest BCUT2D eigenvalue weighted by Crippen LogP contribution is 2.38. The molecule has 0 aromatic carbocycles. The molecule has 0 amide bonds. The minimum absolute atomic E-state index is 0.174. The van der Waals surface area contributed by atoms with Crippen LogP contribution in [0.15, 0.2) is 10.9 Å². The van der Waals surface area contributed by atoms with Crippen LogP contribution in [-0.2, 0) is 5.41 Å². The maximum Gasteiger partial charge on any atom is 0.354 e. The smallest absolute Gasteiger partial charge is 0.354 e. The second kappa shape index (κ2) is 3.73. The summed E-state index contributed by atoms with van der Waals surface area (Å²) in [6.07, 6.45) is 4.08. The van der Waals surface area contributed by atoms with Gasteiger partial charge in [0, 0.05) is 11.5 Å². The molecule has 1 saturated carbocycles. The van der Waals surface area contributed by atoms with Gasteiger partial charge in [-0.05, 0) is 12.8 Å². The van der Waals surface area contributed by atoms with Gasteiger partial charge < -0.3 is 10.1 Å². The van der Waals surface area contributed by atoms with Crippen LogP contribution in [0.4, 0.5) is 0 Å². The predicted octanol–water partition coefficient (Wildman–Crippen LogP) is 1.30. The quantitative estimate of drug-likeness (QED) is 0.790. The maximum absolute atomic E-state index is 11.4. The van der Waals surface area contributed by atoms with Gasteiger partial charge in [-0.15, -0.1) is 0 Å². The molecule has 1 aromatic rings. The highest BCUT2D eigenvalue weighted by Gasteiger charge is 2.33. The van der Waals surface area contributed by atoms with Gasteiger partial charge in [0.25, 0.3) is 5.56 Å². The van der Waals surface area contributed by atoms with Gasteiger partial charge in [-0.1, -0.05) is 19.8 Å². The van der Waals surface area contributed by atoms with E-state index < -0.39 is 11.5 Å². The van der Waals surface area contributed by atoms with Crippen molar-refractivity contribution in [1.29, 1.82) is 0 Å². The molecule has 1 aliphatic rings. The van der Waals surface area contributed by atoms with Gasteiger partial charge in [-0.25, -0.2) is 9.78 Å². The summed E-state index contributed by atoms with van der Waals surface area (Å²) in [5, 5.41) is 8.85. The van der Waals surface area contributed by atoms with Crippen molar-refractivity contribution in [3.63, 3.8) is 0 Å². The number of carboxylic acid groups (broad SMARTS) is 1. The van der Waals surface area contributed by atoms with Crippen LogP contribution in [0.2, 0.25) is 0 Å². The van der Waals surface area contributed by atoms with Crippen molar-refractivity contribution in [2.75, 3.05) is 0 Å². The average Bonchev–Trinajstić information content (AvgIpc) is 2.65. The molecule has 0 radical (unpaired) electrons. The number of aromatic amines is 1. The van der Waals surface area contributed by atoms with Crippen LogP contribution in [0.3, 0.4) is 0 Å². The molecule has 0 spiro atoms. The molecule has 16 heavy (non-hydrogen) atoms. The molecule has 1 heterocycles. The standard InChI is InChI=1S/C11H14N2O3/c1-11(4-2-3-5-11)10-12-7(9(15)16)6-8(14)13-10/h6H,2-5H2,1H3,(H,15,16)(H,12,13,14). The van der Waals surface area contributed by atoms with Gasteiger partial charge >= 0.3 is 5.97 Å². The molecule has 0 bridgehead atoms. The van der Waals surface area contributed by atoms with Crippen LogP contribution < -0.4 is 5.56 Å². The lowest BCUT2D eigenvalue weighted by Crippen LogP contribution is -2.26. The molecule has 0 aliphatic heterocycles. The lowest BCUT2D eigenvalue weighted by Gasteiger charge is -2.21. The Hall–Kier alpha value is -1.65. The number of nitrogens with zero attached hydrogens (tertiary/aromatic N) is 1. The van der Waals surface area contributed by atoms with Crippen molar-refractivity contribution in [3.05, 3.63) is 27.9 Å². The lowest BCUT2D eigenvalue weighted by molar-refractivity contribution is 0.0689. The van der Waals surface area contributed by atoms with E-state index in [1.807, 2.05) is 6.92 Å². The van der Waals surface area contributed by atoms with Crippen LogP contribution in [0.1, 0.15) is 48.9 Å². The van der Waals surface area contributed by atoms with Crippen molar-refractivity contribution < 1.29 is 9.90 Å². The summed E-state index contributed by atoms with van der Waals surface area (Å²) in [6.45, 7) is 2.02. The fourth-order valence-corrected chi connectivity index (χ4v) is 2.25. The van der Waals surface area contributed by atoms with E-state index in [1.165, 1.54) is 0 Å². The van der Waals surface area contributed by atoms with E-state index in [-0.39, 0.29) is 11.1 Å². The number of carboxylic acids is 1. The van der Waals surface area contributed by atoms with Gasteiger partial charge in [0.2, 0.25) is 0 Å². The summed E-state index contributed by atoms with van der Waals surface area (Å²) in [6, 6.07) is 1.02. The third-order valence-corrected chi connectivity index (χ3v) is 3.24. The molecule has 86 valence electrons. The first-order valence-electron chi connectivity index (χ1n) is 5.36. The number of carbonyl (C=O) groups is 1. The zero-order chi connectivity index (χ0) is 11.8. The number of aromatic nitrogens is 2. The Morgan fingerprint density at radius 2 is 2.12 bits per heavy atom. The fraction of sp³-hybridized carbons (Fsp3) is 0.545. The summed E-state index contributed by atoms with van der Waals surface area (Å²) in [4.78, 5) is 28.9. The van der Waals surface area contributed by atoms with Crippen molar-refractivity contribution in [2.24, 2.45) is 0 Å². The number of rotatable bonds is 2. The van der Waals surface area contributed by atoms with Gasteiger partial charge in [-0.2, -0.15) is 0 Å². The number of H-pyrrole nitrogens is 1. The van der Waals surface area contributed by atoms with Crippen molar-refractivity contribution >= 4 is 5.97 Å². The summed E-state index contributed by atoms with van der Waals surface area (Å²) in [5.41, 5.74) is -0.743.